The predicted octanol–water partition coefficient (Wildman–Crippen LogP) is 7.21. The number of urea groups is 1. The fourth-order valence-electron chi connectivity index (χ4n) is 4.80. The van der Waals surface area contributed by atoms with E-state index >= 15 is 0 Å². The van der Waals surface area contributed by atoms with E-state index in [9.17, 15) is 36.0 Å². The molecule has 4 aromatic heterocycles. The van der Waals surface area contributed by atoms with E-state index in [1.807, 2.05) is 26.1 Å². The number of hydrogen-bond donors (Lipinski definition) is 3. The van der Waals surface area contributed by atoms with Crippen molar-refractivity contribution in [1.29, 1.82) is 0 Å². The van der Waals surface area contributed by atoms with E-state index in [0.717, 1.165) is 22.3 Å². The topological polar surface area (TPSA) is 249 Å². The number of ether oxygens (including phenoxy) is 4. The lowest BCUT2D eigenvalue weighted by Crippen LogP contribution is -2.36. The molecule has 0 spiro atoms. The summed E-state index contributed by atoms with van der Waals surface area (Å²) in [6, 6.07) is 11.1. The maximum atomic E-state index is 12.9. The Bertz CT molecular complexity index is 2880. The van der Waals surface area contributed by atoms with Crippen molar-refractivity contribution < 1.29 is 59.6 Å². The Hall–Kier alpha value is -6.87. The van der Waals surface area contributed by atoms with Crippen molar-refractivity contribution in [2.45, 2.75) is 37.4 Å². The first-order chi connectivity index (χ1) is 30.5. The number of aromatic nitrogens is 6. The fourth-order valence-corrected chi connectivity index (χ4v) is 6.60. The molecular weight excluding hydrogens is 952 g/mol. The molecule has 4 heterocycles. The Morgan fingerprint density at radius 2 is 1.55 bits per heavy atom. The molecule has 0 radical (unpaired) electrons. The number of aliphatic carboxylic acids is 1. The summed E-state index contributed by atoms with van der Waals surface area (Å²) in [6.45, 7) is 5.30. The molecule has 0 aliphatic heterocycles. The molecule has 6 rings (SSSR count). The van der Waals surface area contributed by atoms with Gasteiger partial charge in [-0.2, -0.15) is 36.2 Å². The lowest BCUT2D eigenvalue weighted by Gasteiger charge is -2.13. The number of fused-ring (bicyclic) bond motifs is 1. The van der Waals surface area contributed by atoms with Gasteiger partial charge in [-0.1, -0.05) is 61.5 Å². The molecule has 0 fully saturated rings. The number of carboxylic acids is 1. The maximum absolute atomic E-state index is 12.9. The number of methoxy groups -OCH3 is 2. The van der Waals surface area contributed by atoms with Crippen LogP contribution in [-0.2, 0) is 26.4 Å². The van der Waals surface area contributed by atoms with Crippen molar-refractivity contribution in [3.63, 3.8) is 0 Å². The van der Waals surface area contributed by atoms with Gasteiger partial charge in [0.1, 0.15) is 23.6 Å². The predicted molar refractivity (Wildman–Crippen MR) is 229 cm³/mol. The van der Waals surface area contributed by atoms with Crippen molar-refractivity contribution in [3.05, 3.63) is 104 Å². The molecule has 344 valence electrons. The van der Waals surface area contributed by atoms with Crippen molar-refractivity contribution in [3.8, 4) is 41.3 Å². The molecule has 0 saturated carbocycles. The average molecular weight is 986 g/mol. The molecule has 3 N–H and O–H groups in total. The largest absolute Gasteiger partial charge is 0.481 e. The monoisotopic (exact) mass is 984 g/mol. The van der Waals surface area contributed by atoms with Crippen molar-refractivity contribution in [2.24, 2.45) is 0 Å². The standard InChI is InChI=1S/C15H14Cl2N2O3.C13H12F3N5O5S.C11H8ClNO3/c1-5-6-21-12-8-11(9(16)7-10(12)17)19-14(20)22-13(18-19)15(2,3)4;1-25-8-6-9(26-2)19-11(18-8)20-12(22)21-27(23,24)10-7(13(14,15)16)4-3-5-17-10;12-8-3-4-9(16-6-10(14)15)11-7(8)2-1-5-13-11/h1,7-8H,6H2,2-4H3;3-6H,1-2H3,(H2,18,19,20,21,22);1-5H,6H2,(H,14,15). The Morgan fingerprint density at radius 3 is 2.14 bits per heavy atom. The first-order valence-corrected chi connectivity index (χ1v) is 20.5. The van der Waals surface area contributed by atoms with Crippen LogP contribution in [0.4, 0.5) is 23.9 Å². The zero-order valence-corrected chi connectivity index (χ0v) is 37.3. The van der Waals surface area contributed by atoms with Gasteiger partial charge in [0.25, 0.3) is 10.0 Å². The summed E-state index contributed by atoms with van der Waals surface area (Å²) >= 11 is 18.2. The van der Waals surface area contributed by atoms with Crippen molar-refractivity contribution in [2.75, 3.05) is 32.8 Å². The smallest absolute Gasteiger partial charge is 0.442 e. The highest BCUT2D eigenvalue weighted by atomic mass is 35.5. The number of alkyl halides is 3. The molecule has 19 nitrogen and oxygen atoms in total. The van der Waals surface area contributed by atoms with E-state index in [-0.39, 0.29) is 28.4 Å². The number of halogens is 6. The van der Waals surface area contributed by atoms with Gasteiger partial charge in [0.15, 0.2) is 11.6 Å². The summed E-state index contributed by atoms with van der Waals surface area (Å²) in [6.07, 6.45) is 2.61. The van der Waals surface area contributed by atoms with Crippen LogP contribution in [0.1, 0.15) is 32.2 Å². The number of anilines is 1. The average Bonchev–Trinajstić information content (AvgIpc) is 3.64. The summed E-state index contributed by atoms with van der Waals surface area (Å²) in [5.74, 6) is 1.27. The van der Waals surface area contributed by atoms with Crippen LogP contribution in [-0.4, -0.2) is 82.7 Å². The Balaban J connectivity index is 0.000000220. The third-order valence-corrected chi connectivity index (χ3v) is 9.86. The number of benzene rings is 2. The summed E-state index contributed by atoms with van der Waals surface area (Å²) < 4.78 is 90.9. The third-order valence-electron chi connectivity index (χ3n) is 7.64. The van der Waals surface area contributed by atoms with E-state index in [1.54, 1.807) is 30.5 Å². The summed E-state index contributed by atoms with van der Waals surface area (Å²) in [5, 5.41) is 15.1. The minimum atomic E-state index is -4.99. The van der Waals surface area contributed by atoms with E-state index in [0.29, 0.717) is 39.7 Å². The first-order valence-electron chi connectivity index (χ1n) is 17.9. The lowest BCUT2D eigenvalue weighted by molar-refractivity contribution is -0.140. The van der Waals surface area contributed by atoms with Crippen LogP contribution in [0.15, 0.2) is 81.2 Å². The Morgan fingerprint density at radius 1 is 0.908 bits per heavy atom. The number of carbonyl (C=O) groups is 2. The molecule has 6 aromatic rings. The second-order valence-corrected chi connectivity index (χ2v) is 16.2. The van der Waals surface area contributed by atoms with Gasteiger partial charge in [-0.3, -0.25) is 10.3 Å². The molecule has 2 amide bonds. The van der Waals surface area contributed by atoms with E-state index < -0.39 is 62.5 Å². The van der Waals surface area contributed by atoms with Crippen molar-refractivity contribution in [1.82, 2.24) is 34.4 Å². The number of nitrogens with zero attached hydrogens (tertiary/aromatic N) is 6. The molecule has 0 aliphatic carbocycles. The number of amides is 2. The first kappa shape index (κ1) is 50.8. The fraction of sp³-hybridized carbons (Fsp3) is 0.231. The van der Waals surface area contributed by atoms with E-state index in [1.165, 1.54) is 37.1 Å². The summed E-state index contributed by atoms with van der Waals surface area (Å²) in [7, 11) is -2.39. The van der Waals surface area contributed by atoms with E-state index in [2.05, 4.69) is 31.0 Å². The van der Waals surface area contributed by atoms with Crippen LogP contribution in [0.3, 0.4) is 0 Å². The maximum Gasteiger partial charge on any atom is 0.442 e. The number of nitrogens with one attached hydrogen (secondary N) is 2. The highest BCUT2D eigenvalue weighted by Gasteiger charge is 2.38. The molecule has 0 bridgehead atoms. The SMILES string of the molecule is C#CCOc1cc(-n2nc(C(C)(C)C)oc2=O)c(Cl)cc1Cl.COc1cc(OC)nc(NC(=O)NS(=O)(=O)c2ncccc2C(F)(F)F)n1.O=C(O)COc1ccc(Cl)c2cccnc12. The van der Waals surface area contributed by atoms with Gasteiger partial charge < -0.3 is 28.5 Å². The Labute approximate surface area is 381 Å². The van der Waals surface area contributed by atoms with Crippen molar-refractivity contribution >= 4 is 73.7 Å². The zero-order valence-electron chi connectivity index (χ0n) is 34.2. The van der Waals surface area contributed by atoms with Gasteiger partial charge in [-0.05, 0) is 42.5 Å². The minimum absolute atomic E-state index is 0.0101. The lowest BCUT2D eigenvalue weighted by atomic mass is 9.97. The number of pyridine rings is 2. The molecule has 26 heteroatoms. The van der Waals surface area contributed by atoms with Gasteiger partial charge in [0.2, 0.25) is 23.6 Å². The van der Waals surface area contributed by atoms with Gasteiger partial charge in [-0.15, -0.1) is 11.5 Å². The minimum Gasteiger partial charge on any atom is -0.481 e. The second-order valence-electron chi connectivity index (χ2n) is 13.4. The molecular formula is C39H34Cl3F3N8O11S. The number of rotatable bonds is 11. The van der Waals surface area contributed by atoms with Gasteiger partial charge >= 0.3 is 23.9 Å². The molecule has 0 saturated heterocycles. The molecule has 65 heavy (non-hydrogen) atoms. The van der Waals surface area contributed by atoms with Crippen LogP contribution in [0.25, 0.3) is 16.6 Å². The van der Waals surface area contributed by atoms with Crippen LogP contribution >= 0.6 is 34.8 Å². The molecule has 0 aliphatic rings. The molecule has 0 unspecified atom stereocenters. The number of carbonyl (C=O) groups excluding carboxylic acids is 1. The molecule has 2 aromatic carbocycles. The third kappa shape index (κ3) is 13.8. The van der Waals surface area contributed by atoms with Crippen LogP contribution in [0.2, 0.25) is 15.1 Å². The van der Waals surface area contributed by atoms with E-state index in [4.69, 9.17) is 69.7 Å². The second kappa shape index (κ2) is 21.7. The van der Waals surface area contributed by atoms with Gasteiger partial charge in [-0.25, -0.2) is 24.1 Å². The molecule has 0 atom stereocenters. The van der Waals surface area contributed by atoms with Crippen LogP contribution in [0, 0.1) is 12.3 Å². The van der Waals surface area contributed by atoms with Crippen LogP contribution in [0.5, 0.6) is 23.3 Å². The zero-order chi connectivity index (χ0) is 48.3. The number of sulfonamides is 1. The quantitative estimate of drug-likeness (QED) is 0.108. The number of carboxylic acid groups (broad SMARTS) is 1. The normalized spacial score (nSPS) is 11.2. The summed E-state index contributed by atoms with van der Waals surface area (Å²) in [4.78, 5) is 49.1. The van der Waals surface area contributed by atoms with Crippen LogP contribution < -0.4 is 34.7 Å². The number of terminal acetylenes is 1. The Kier molecular flexibility index (Phi) is 16.9. The summed E-state index contributed by atoms with van der Waals surface area (Å²) in [5.41, 5.74) is -1.06. The highest BCUT2D eigenvalue weighted by molar-refractivity contribution is 7.90. The van der Waals surface area contributed by atoms with Gasteiger partial charge in [0.05, 0.1) is 46.6 Å². The van der Waals surface area contributed by atoms with Gasteiger partial charge in [0, 0.05) is 29.3 Å². The number of hydrogen-bond acceptors (Lipinski definition) is 15. The highest BCUT2D eigenvalue weighted by Crippen LogP contribution is 2.34.